The SMILES string of the molecule is COC(=O)c1cc(Sc2nc(N)cc(N)n2)ccc1N. The minimum absolute atomic E-state index is 0.281. The fourth-order valence-electron chi connectivity index (χ4n) is 1.50. The first-order valence-electron chi connectivity index (χ1n) is 5.55. The molecular formula is C12H13N5O2S. The number of carbonyl (C=O) groups is 1. The van der Waals surface area contributed by atoms with Crippen molar-refractivity contribution in [2.24, 2.45) is 0 Å². The molecule has 104 valence electrons. The first-order chi connectivity index (χ1) is 9.49. The van der Waals surface area contributed by atoms with Crippen LogP contribution in [-0.2, 0) is 4.74 Å². The summed E-state index contributed by atoms with van der Waals surface area (Å²) in [6, 6.07) is 6.43. The quantitative estimate of drug-likeness (QED) is 0.436. The van der Waals surface area contributed by atoms with Crippen LogP contribution in [-0.4, -0.2) is 23.0 Å². The largest absolute Gasteiger partial charge is 0.465 e. The van der Waals surface area contributed by atoms with E-state index in [0.717, 1.165) is 4.90 Å². The van der Waals surface area contributed by atoms with Gasteiger partial charge in [0, 0.05) is 16.6 Å². The monoisotopic (exact) mass is 291 g/mol. The number of nitrogens with zero attached hydrogens (tertiary/aromatic N) is 2. The van der Waals surface area contributed by atoms with Gasteiger partial charge in [0.2, 0.25) is 0 Å². The highest BCUT2D eigenvalue weighted by Gasteiger charge is 2.12. The summed E-state index contributed by atoms with van der Waals surface area (Å²) in [5.74, 6) is 0.0604. The van der Waals surface area contributed by atoms with Crippen molar-refractivity contribution in [2.45, 2.75) is 10.1 Å². The highest BCUT2D eigenvalue weighted by Crippen LogP contribution is 2.28. The molecule has 0 radical (unpaired) electrons. The molecule has 2 aromatic rings. The maximum atomic E-state index is 11.6. The normalized spacial score (nSPS) is 10.2. The van der Waals surface area contributed by atoms with E-state index in [-0.39, 0.29) is 17.2 Å². The molecule has 6 N–H and O–H groups in total. The zero-order valence-corrected chi connectivity index (χ0v) is 11.5. The summed E-state index contributed by atoms with van der Waals surface area (Å²) in [5.41, 5.74) is 17.6. The number of nitrogen functional groups attached to an aromatic ring is 3. The second-order valence-corrected chi connectivity index (χ2v) is 4.88. The molecule has 0 amide bonds. The van der Waals surface area contributed by atoms with Crippen LogP contribution in [0.2, 0.25) is 0 Å². The van der Waals surface area contributed by atoms with E-state index >= 15 is 0 Å². The molecule has 0 aliphatic heterocycles. The van der Waals surface area contributed by atoms with Crippen LogP contribution in [0.15, 0.2) is 34.3 Å². The Balaban J connectivity index is 2.32. The number of benzene rings is 1. The molecule has 0 fully saturated rings. The molecule has 2 rings (SSSR count). The van der Waals surface area contributed by atoms with E-state index < -0.39 is 5.97 Å². The molecule has 0 saturated heterocycles. The standard InChI is InChI=1S/C12H13N5O2S/c1-19-11(18)7-4-6(2-3-8(7)13)20-12-16-9(14)5-10(15)17-12/h2-5H,13H2,1H3,(H4,14,15,16,17). The Hall–Kier alpha value is -2.48. The number of rotatable bonds is 3. The highest BCUT2D eigenvalue weighted by atomic mass is 32.2. The van der Waals surface area contributed by atoms with Gasteiger partial charge in [0.05, 0.1) is 12.7 Å². The van der Waals surface area contributed by atoms with E-state index in [1.807, 2.05) is 0 Å². The number of methoxy groups -OCH3 is 1. The number of ether oxygens (including phenoxy) is 1. The average molecular weight is 291 g/mol. The van der Waals surface area contributed by atoms with Crippen molar-refractivity contribution >= 4 is 35.1 Å². The summed E-state index contributed by atoms with van der Waals surface area (Å²) in [6.45, 7) is 0. The van der Waals surface area contributed by atoms with Crippen molar-refractivity contribution in [1.29, 1.82) is 0 Å². The van der Waals surface area contributed by atoms with Gasteiger partial charge in [-0.15, -0.1) is 0 Å². The molecule has 0 aliphatic carbocycles. The number of aromatic nitrogens is 2. The highest BCUT2D eigenvalue weighted by molar-refractivity contribution is 7.99. The van der Waals surface area contributed by atoms with Gasteiger partial charge in [-0.25, -0.2) is 14.8 Å². The Morgan fingerprint density at radius 2 is 1.80 bits per heavy atom. The first kappa shape index (κ1) is 13.9. The third-order valence-electron chi connectivity index (χ3n) is 2.38. The van der Waals surface area contributed by atoms with Gasteiger partial charge in [-0.1, -0.05) is 0 Å². The van der Waals surface area contributed by atoms with Gasteiger partial charge < -0.3 is 21.9 Å². The lowest BCUT2D eigenvalue weighted by Gasteiger charge is -2.07. The summed E-state index contributed by atoms with van der Waals surface area (Å²) >= 11 is 1.22. The van der Waals surface area contributed by atoms with Gasteiger partial charge in [-0.2, -0.15) is 0 Å². The van der Waals surface area contributed by atoms with Crippen LogP contribution in [0.25, 0.3) is 0 Å². The van der Waals surface area contributed by atoms with E-state index in [1.54, 1.807) is 18.2 Å². The van der Waals surface area contributed by atoms with Gasteiger partial charge >= 0.3 is 5.97 Å². The van der Waals surface area contributed by atoms with Gasteiger partial charge in [-0.05, 0) is 30.0 Å². The molecule has 0 unspecified atom stereocenters. The molecule has 20 heavy (non-hydrogen) atoms. The van der Waals surface area contributed by atoms with Crippen molar-refractivity contribution in [3.63, 3.8) is 0 Å². The topological polar surface area (TPSA) is 130 Å². The molecular weight excluding hydrogens is 278 g/mol. The molecule has 0 saturated carbocycles. The van der Waals surface area contributed by atoms with Crippen LogP contribution in [0.5, 0.6) is 0 Å². The van der Waals surface area contributed by atoms with Gasteiger partial charge in [0.25, 0.3) is 0 Å². The number of hydrogen-bond donors (Lipinski definition) is 3. The Morgan fingerprint density at radius 3 is 2.40 bits per heavy atom. The number of esters is 1. The van der Waals surface area contributed by atoms with E-state index in [0.29, 0.717) is 10.8 Å². The third kappa shape index (κ3) is 3.09. The van der Waals surface area contributed by atoms with Crippen molar-refractivity contribution in [1.82, 2.24) is 9.97 Å². The van der Waals surface area contributed by atoms with Gasteiger partial charge in [0.15, 0.2) is 5.16 Å². The summed E-state index contributed by atoms with van der Waals surface area (Å²) in [7, 11) is 1.29. The molecule has 8 heteroatoms. The Kier molecular flexibility index (Phi) is 3.94. The molecule has 0 aliphatic rings. The fraction of sp³-hybridized carbons (Fsp3) is 0.0833. The second kappa shape index (κ2) is 5.66. The smallest absolute Gasteiger partial charge is 0.339 e. The number of carbonyl (C=O) groups excluding carboxylic acids is 1. The minimum atomic E-state index is -0.502. The number of hydrogen-bond acceptors (Lipinski definition) is 8. The maximum absolute atomic E-state index is 11.6. The molecule has 0 atom stereocenters. The van der Waals surface area contributed by atoms with Crippen molar-refractivity contribution < 1.29 is 9.53 Å². The van der Waals surface area contributed by atoms with Crippen molar-refractivity contribution in [3.8, 4) is 0 Å². The maximum Gasteiger partial charge on any atom is 0.339 e. The van der Waals surface area contributed by atoms with Crippen LogP contribution >= 0.6 is 11.8 Å². The third-order valence-corrected chi connectivity index (χ3v) is 3.24. The lowest BCUT2D eigenvalue weighted by atomic mass is 10.2. The molecule has 7 nitrogen and oxygen atoms in total. The molecule has 1 heterocycles. The lowest BCUT2D eigenvalue weighted by Crippen LogP contribution is -2.05. The predicted octanol–water partition coefficient (Wildman–Crippen LogP) is 1.16. The first-order valence-corrected chi connectivity index (χ1v) is 6.37. The lowest BCUT2D eigenvalue weighted by molar-refractivity contribution is 0.0601. The predicted molar refractivity (Wildman–Crippen MR) is 77.2 cm³/mol. The summed E-state index contributed by atoms with van der Waals surface area (Å²) in [4.78, 5) is 20.4. The Bertz CT molecular complexity index is 642. The van der Waals surface area contributed by atoms with Crippen molar-refractivity contribution in [2.75, 3.05) is 24.3 Å². The van der Waals surface area contributed by atoms with Crippen LogP contribution in [0.1, 0.15) is 10.4 Å². The molecule has 1 aromatic carbocycles. The van der Waals surface area contributed by atoms with E-state index in [9.17, 15) is 4.79 Å². The Labute approximate surface area is 119 Å². The zero-order valence-electron chi connectivity index (χ0n) is 10.7. The van der Waals surface area contributed by atoms with Crippen LogP contribution in [0.4, 0.5) is 17.3 Å². The van der Waals surface area contributed by atoms with Crippen molar-refractivity contribution in [3.05, 3.63) is 29.8 Å². The molecule has 0 bridgehead atoms. The summed E-state index contributed by atoms with van der Waals surface area (Å²) < 4.78 is 4.66. The van der Waals surface area contributed by atoms with E-state index in [4.69, 9.17) is 17.2 Å². The molecule has 0 spiro atoms. The average Bonchev–Trinajstić information content (AvgIpc) is 2.39. The fourth-order valence-corrected chi connectivity index (χ4v) is 2.32. The number of nitrogens with two attached hydrogens (primary N) is 3. The van der Waals surface area contributed by atoms with Crippen LogP contribution < -0.4 is 17.2 Å². The van der Waals surface area contributed by atoms with E-state index in [1.165, 1.54) is 24.9 Å². The van der Waals surface area contributed by atoms with E-state index in [2.05, 4.69) is 14.7 Å². The number of anilines is 3. The summed E-state index contributed by atoms with van der Waals surface area (Å²) in [5, 5.41) is 0.392. The van der Waals surface area contributed by atoms with Gasteiger partial charge in [-0.3, -0.25) is 0 Å². The van der Waals surface area contributed by atoms with Crippen LogP contribution in [0, 0.1) is 0 Å². The van der Waals surface area contributed by atoms with Gasteiger partial charge in [0.1, 0.15) is 11.6 Å². The molecule has 1 aromatic heterocycles. The summed E-state index contributed by atoms with van der Waals surface area (Å²) in [6.07, 6.45) is 0. The second-order valence-electron chi connectivity index (χ2n) is 3.84. The zero-order chi connectivity index (χ0) is 14.7. The minimum Gasteiger partial charge on any atom is -0.465 e. The Morgan fingerprint density at radius 1 is 1.15 bits per heavy atom. The van der Waals surface area contributed by atoms with Crippen LogP contribution in [0.3, 0.4) is 0 Å².